The summed E-state index contributed by atoms with van der Waals surface area (Å²) in [7, 11) is 0. The number of carbonyl (C=O) groups is 2. The number of aliphatic carboxylic acids is 1. The van der Waals surface area contributed by atoms with Crippen LogP contribution in [0.25, 0.3) is 0 Å². The molecule has 19 heavy (non-hydrogen) atoms. The lowest BCUT2D eigenvalue weighted by molar-refractivity contribution is -0.144. The molecule has 4 nitrogen and oxygen atoms in total. The maximum Gasteiger partial charge on any atom is 0.326 e. The average molecular weight is 267 g/mol. The molecule has 1 atom stereocenters. The third-order valence-electron chi connectivity index (χ3n) is 2.67. The SMILES string of the molecule is CC(C)(C)[C@H](NC(=O)Cc1cccc(F)c1)C(=O)O. The third-order valence-corrected chi connectivity index (χ3v) is 2.67. The molecule has 0 heterocycles. The smallest absolute Gasteiger partial charge is 0.326 e. The summed E-state index contributed by atoms with van der Waals surface area (Å²) in [6.45, 7) is 5.19. The van der Waals surface area contributed by atoms with E-state index in [-0.39, 0.29) is 6.42 Å². The van der Waals surface area contributed by atoms with Gasteiger partial charge in [-0.05, 0) is 23.1 Å². The minimum Gasteiger partial charge on any atom is -0.480 e. The van der Waals surface area contributed by atoms with Crippen molar-refractivity contribution >= 4 is 11.9 Å². The van der Waals surface area contributed by atoms with E-state index in [0.29, 0.717) is 5.56 Å². The van der Waals surface area contributed by atoms with Gasteiger partial charge in [-0.3, -0.25) is 4.79 Å². The van der Waals surface area contributed by atoms with Gasteiger partial charge >= 0.3 is 5.97 Å². The second-order valence-electron chi connectivity index (χ2n) is 5.51. The van der Waals surface area contributed by atoms with E-state index in [9.17, 15) is 14.0 Å². The van der Waals surface area contributed by atoms with Gasteiger partial charge in [-0.25, -0.2) is 9.18 Å². The van der Waals surface area contributed by atoms with Gasteiger partial charge < -0.3 is 10.4 Å². The first kappa shape index (κ1) is 15.1. The van der Waals surface area contributed by atoms with Crippen LogP contribution in [0, 0.1) is 11.2 Å². The van der Waals surface area contributed by atoms with Crippen LogP contribution in [0.1, 0.15) is 26.3 Å². The van der Waals surface area contributed by atoms with E-state index < -0.39 is 29.2 Å². The van der Waals surface area contributed by atoms with Gasteiger partial charge in [-0.2, -0.15) is 0 Å². The number of carbonyl (C=O) groups excluding carboxylic acids is 1. The monoisotopic (exact) mass is 267 g/mol. The molecule has 1 aromatic carbocycles. The normalized spacial score (nSPS) is 12.8. The van der Waals surface area contributed by atoms with Gasteiger partial charge in [-0.15, -0.1) is 0 Å². The number of carboxylic acids is 1. The van der Waals surface area contributed by atoms with Gasteiger partial charge in [0, 0.05) is 0 Å². The highest BCUT2D eigenvalue weighted by Gasteiger charge is 2.32. The van der Waals surface area contributed by atoms with Crippen molar-refractivity contribution in [2.45, 2.75) is 33.2 Å². The predicted octanol–water partition coefficient (Wildman–Crippen LogP) is 1.98. The minimum absolute atomic E-state index is 0.0440. The molecule has 104 valence electrons. The van der Waals surface area contributed by atoms with Crippen molar-refractivity contribution in [2.24, 2.45) is 5.41 Å². The molecule has 0 bridgehead atoms. The van der Waals surface area contributed by atoms with E-state index in [0.717, 1.165) is 0 Å². The number of halogens is 1. The summed E-state index contributed by atoms with van der Waals surface area (Å²) in [5, 5.41) is 11.6. The maximum atomic E-state index is 13.0. The summed E-state index contributed by atoms with van der Waals surface area (Å²) in [5.41, 5.74) is -0.0841. The summed E-state index contributed by atoms with van der Waals surface area (Å²) < 4.78 is 13.0. The van der Waals surface area contributed by atoms with Crippen molar-refractivity contribution in [1.82, 2.24) is 5.32 Å². The van der Waals surface area contributed by atoms with Crippen molar-refractivity contribution in [1.29, 1.82) is 0 Å². The molecule has 0 aliphatic rings. The number of hydrogen-bond donors (Lipinski definition) is 2. The molecule has 1 rings (SSSR count). The molecule has 1 amide bonds. The van der Waals surface area contributed by atoms with Crippen LogP contribution in [0.2, 0.25) is 0 Å². The zero-order chi connectivity index (χ0) is 14.6. The Morgan fingerprint density at radius 1 is 1.37 bits per heavy atom. The third kappa shape index (κ3) is 4.69. The summed E-state index contributed by atoms with van der Waals surface area (Å²) in [5.74, 6) is -1.94. The molecule has 0 spiro atoms. The number of rotatable bonds is 4. The maximum absolute atomic E-state index is 13.0. The Kier molecular flexibility index (Phi) is 4.64. The summed E-state index contributed by atoms with van der Waals surface area (Å²) in [4.78, 5) is 22.9. The van der Waals surface area contributed by atoms with Gasteiger partial charge in [-0.1, -0.05) is 32.9 Å². The number of nitrogens with one attached hydrogen (secondary N) is 1. The lowest BCUT2D eigenvalue weighted by Crippen LogP contribution is -2.49. The van der Waals surface area contributed by atoms with Crippen LogP contribution in [0.3, 0.4) is 0 Å². The molecule has 0 saturated heterocycles. The van der Waals surface area contributed by atoms with Gasteiger partial charge in [0.15, 0.2) is 0 Å². The number of carboxylic acid groups (broad SMARTS) is 1. The molecular weight excluding hydrogens is 249 g/mol. The van der Waals surface area contributed by atoms with Crippen LogP contribution in [0.5, 0.6) is 0 Å². The van der Waals surface area contributed by atoms with E-state index in [2.05, 4.69) is 5.32 Å². The fraction of sp³-hybridized carbons (Fsp3) is 0.429. The van der Waals surface area contributed by atoms with Crippen molar-refractivity contribution in [3.05, 3.63) is 35.6 Å². The van der Waals surface area contributed by atoms with Crippen LogP contribution in [-0.4, -0.2) is 23.0 Å². The summed E-state index contributed by atoms with van der Waals surface area (Å²) >= 11 is 0. The molecular formula is C14H18FNO3. The van der Waals surface area contributed by atoms with Crippen molar-refractivity contribution in [3.63, 3.8) is 0 Å². The molecule has 1 aromatic rings. The molecule has 0 fully saturated rings. The largest absolute Gasteiger partial charge is 0.480 e. The van der Waals surface area contributed by atoms with E-state index in [1.165, 1.54) is 18.2 Å². The fourth-order valence-electron chi connectivity index (χ4n) is 1.69. The quantitative estimate of drug-likeness (QED) is 0.876. The topological polar surface area (TPSA) is 66.4 Å². The van der Waals surface area contributed by atoms with Crippen molar-refractivity contribution in [2.75, 3.05) is 0 Å². The van der Waals surface area contributed by atoms with Crippen LogP contribution in [-0.2, 0) is 16.0 Å². The molecule has 2 N–H and O–H groups in total. The summed E-state index contributed by atoms with van der Waals surface area (Å²) in [6, 6.07) is 4.70. The Morgan fingerprint density at radius 2 is 2.00 bits per heavy atom. The second-order valence-corrected chi connectivity index (χ2v) is 5.51. The van der Waals surface area contributed by atoms with E-state index in [1.54, 1.807) is 26.8 Å². The molecule has 0 aromatic heterocycles. The lowest BCUT2D eigenvalue weighted by atomic mass is 9.86. The van der Waals surface area contributed by atoms with E-state index in [1.807, 2.05) is 0 Å². The molecule has 0 aliphatic carbocycles. The highest BCUT2D eigenvalue weighted by molar-refractivity contribution is 5.85. The van der Waals surface area contributed by atoms with Gasteiger partial charge in [0.1, 0.15) is 11.9 Å². The molecule has 0 unspecified atom stereocenters. The molecule has 5 heteroatoms. The molecule has 0 saturated carbocycles. The predicted molar refractivity (Wildman–Crippen MR) is 69.1 cm³/mol. The van der Waals surface area contributed by atoms with E-state index >= 15 is 0 Å². The molecule has 0 aliphatic heterocycles. The number of amides is 1. The fourth-order valence-corrected chi connectivity index (χ4v) is 1.69. The zero-order valence-corrected chi connectivity index (χ0v) is 11.2. The lowest BCUT2D eigenvalue weighted by Gasteiger charge is -2.27. The second kappa shape index (κ2) is 5.82. The first-order valence-electron chi connectivity index (χ1n) is 5.97. The Hall–Kier alpha value is -1.91. The average Bonchev–Trinajstić information content (AvgIpc) is 2.24. The summed E-state index contributed by atoms with van der Waals surface area (Å²) in [6.07, 6.45) is -0.0440. The van der Waals surface area contributed by atoms with Crippen LogP contribution < -0.4 is 5.32 Å². The number of benzene rings is 1. The Balaban J connectivity index is 2.71. The van der Waals surface area contributed by atoms with Gasteiger partial charge in [0.2, 0.25) is 5.91 Å². The molecule has 0 radical (unpaired) electrons. The Morgan fingerprint density at radius 3 is 2.47 bits per heavy atom. The first-order chi connectivity index (χ1) is 8.70. The van der Waals surface area contributed by atoms with Gasteiger partial charge in [0.25, 0.3) is 0 Å². The standard InChI is InChI=1S/C14H18FNO3/c1-14(2,3)12(13(18)19)16-11(17)8-9-5-4-6-10(15)7-9/h4-7,12H,8H2,1-3H3,(H,16,17)(H,18,19)/t12-/m1/s1. The number of hydrogen-bond acceptors (Lipinski definition) is 2. The van der Waals surface area contributed by atoms with Crippen molar-refractivity contribution < 1.29 is 19.1 Å². The van der Waals surface area contributed by atoms with E-state index in [4.69, 9.17) is 5.11 Å². The Bertz CT molecular complexity index is 480. The Labute approximate surface area is 111 Å². The van der Waals surface area contributed by atoms with Crippen LogP contribution in [0.15, 0.2) is 24.3 Å². The zero-order valence-electron chi connectivity index (χ0n) is 11.2. The van der Waals surface area contributed by atoms with Crippen molar-refractivity contribution in [3.8, 4) is 0 Å². The van der Waals surface area contributed by atoms with Crippen LogP contribution in [0.4, 0.5) is 4.39 Å². The minimum atomic E-state index is -1.08. The van der Waals surface area contributed by atoms with Gasteiger partial charge in [0.05, 0.1) is 6.42 Å². The first-order valence-corrected chi connectivity index (χ1v) is 5.97. The highest BCUT2D eigenvalue weighted by Crippen LogP contribution is 2.19. The highest BCUT2D eigenvalue weighted by atomic mass is 19.1. The van der Waals surface area contributed by atoms with Crippen LogP contribution >= 0.6 is 0 Å².